The molecule has 0 atom stereocenters. The second-order valence-corrected chi connectivity index (χ2v) is 3.65. The van der Waals surface area contributed by atoms with E-state index in [1.165, 1.54) is 27.4 Å². The molecule has 1 aromatic rings. The van der Waals surface area contributed by atoms with Crippen molar-refractivity contribution in [3.05, 3.63) is 23.8 Å². The van der Waals surface area contributed by atoms with E-state index in [9.17, 15) is 9.59 Å². The van der Waals surface area contributed by atoms with Crippen LogP contribution in [0.1, 0.15) is 5.56 Å². The van der Waals surface area contributed by atoms with E-state index in [0.29, 0.717) is 22.8 Å². The maximum Gasteiger partial charge on any atom is 0.378 e. The number of ether oxygens (including phenoxy) is 4. The summed E-state index contributed by atoms with van der Waals surface area (Å²) in [4.78, 5) is 22.3. The van der Waals surface area contributed by atoms with E-state index in [1.807, 2.05) is 0 Å². The van der Waals surface area contributed by atoms with E-state index in [1.54, 1.807) is 12.1 Å². The zero-order chi connectivity index (χ0) is 15.1. The third kappa shape index (κ3) is 3.50. The fourth-order valence-electron chi connectivity index (χ4n) is 1.54. The summed E-state index contributed by atoms with van der Waals surface area (Å²) in [6, 6.07) is 3.31. The number of ketones is 1. The highest BCUT2D eigenvalue weighted by atomic mass is 16.5. The Morgan fingerprint density at radius 2 is 1.50 bits per heavy atom. The molecule has 1 rings (SSSR count). The summed E-state index contributed by atoms with van der Waals surface area (Å²) in [7, 11) is 5.62. The lowest BCUT2D eigenvalue weighted by Crippen LogP contribution is -2.12. The van der Waals surface area contributed by atoms with Gasteiger partial charge in [-0.15, -0.1) is 0 Å². The van der Waals surface area contributed by atoms with E-state index in [4.69, 9.17) is 14.2 Å². The molecule has 6 nitrogen and oxygen atoms in total. The Labute approximate surface area is 116 Å². The Hall–Kier alpha value is -2.50. The van der Waals surface area contributed by atoms with Crippen molar-refractivity contribution in [3.63, 3.8) is 0 Å². The molecule has 20 heavy (non-hydrogen) atoms. The predicted molar refractivity (Wildman–Crippen MR) is 72.2 cm³/mol. The van der Waals surface area contributed by atoms with Gasteiger partial charge in [0, 0.05) is 0 Å². The van der Waals surface area contributed by atoms with Crippen LogP contribution in [-0.2, 0) is 14.3 Å². The summed E-state index contributed by atoms with van der Waals surface area (Å²) in [5.74, 6) is -0.310. The molecule has 6 heteroatoms. The van der Waals surface area contributed by atoms with E-state index in [0.717, 1.165) is 13.2 Å². The van der Waals surface area contributed by atoms with Gasteiger partial charge in [-0.2, -0.15) is 0 Å². The molecule has 0 aromatic heterocycles. The van der Waals surface area contributed by atoms with Crippen molar-refractivity contribution >= 4 is 17.8 Å². The van der Waals surface area contributed by atoms with Crippen molar-refractivity contribution in [3.8, 4) is 17.2 Å². The van der Waals surface area contributed by atoms with Gasteiger partial charge in [-0.1, -0.05) is 6.08 Å². The van der Waals surface area contributed by atoms with Gasteiger partial charge in [0.1, 0.15) is 0 Å². The summed E-state index contributed by atoms with van der Waals surface area (Å²) in [5.41, 5.74) is 0.622. The summed E-state index contributed by atoms with van der Waals surface area (Å²) in [6.07, 6.45) is 2.58. The van der Waals surface area contributed by atoms with Crippen molar-refractivity contribution in [1.82, 2.24) is 0 Å². The summed E-state index contributed by atoms with van der Waals surface area (Å²) in [6.45, 7) is 0. The molecule has 0 amide bonds. The summed E-state index contributed by atoms with van der Waals surface area (Å²) >= 11 is 0. The molecule has 0 aliphatic carbocycles. The standard InChI is InChI=1S/C14H16O6/c1-17-11-7-9(5-6-10(15)14(16)20-4)8-12(18-2)13(11)19-3/h5-8H,1-4H3/b6-5+. The van der Waals surface area contributed by atoms with E-state index in [-0.39, 0.29) is 0 Å². The minimum absolute atomic E-state index is 0.450. The van der Waals surface area contributed by atoms with E-state index in [2.05, 4.69) is 4.74 Å². The minimum Gasteiger partial charge on any atom is -0.493 e. The molecule has 0 aliphatic rings. The lowest BCUT2D eigenvalue weighted by Gasteiger charge is -2.12. The van der Waals surface area contributed by atoms with Crippen LogP contribution in [0.2, 0.25) is 0 Å². The van der Waals surface area contributed by atoms with Gasteiger partial charge in [-0.3, -0.25) is 4.79 Å². The Bertz CT molecular complexity index is 507. The first-order chi connectivity index (χ1) is 9.57. The van der Waals surface area contributed by atoms with Crippen LogP contribution in [-0.4, -0.2) is 40.2 Å². The number of esters is 1. The molecular formula is C14H16O6. The number of methoxy groups -OCH3 is 4. The van der Waals surface area contributed by atoms with Crippen LogP contribution in [0.5, 0.6) is 17.2 Å². The van der Waals surface area contributed by atoms with Gasteiger partial charge in [0.2, 0.25) is 5.75 Å². The predicted octanol–water partition coefficient (Wildman–Crippen LogP) is 1.47. The summed E-state index contributed by atoms with van der Waals surface area (Å²) in [5, 5.41) is 0. The van der Waals surface area contributed by atoms with Gasteiger partial charge in [-0.05, 0) is 23.8 Å². The van der Waals surface area contributed by atoms with Crippen molar-refractivity contribution < 1.29 is 28.5 Å². The molecule has 0 spiro atoms. The lowest BCUT2D eigenvalue weighted by molar-refractivity contribution is -0.149. The van der Waals surface area contributed by atoms with Crippen LogP contribution in [0.15, 0.2) is 18.2 Å². The van der Waals surface area contributed by atoms with Gasteiger partial charge < -0.3 is 18.9 Å². The zero-order valence-corrected chi connectivity index (χ0v) is 11.8. The molecule has 108 valence electrons. The molecule has 0 radical (unpaired) electrons. The first-order valence-corrected chi connectivity index (χ1v) is 5.67. The number of carbonyl (C=O) groups is 2. The molecule has 0 fully saturated rings. The number of hydrogen-bond donors (Lipinski definition) is 0. The fourth-order valence-corrected chi connectivity index (χ4v) is 1.54. The molecule has 1 aromatic carbocycles. The molecule has 0 aliphatic heterocycles. The third-order valence-electron chi connectivity index (χ3n) is 2.50. The maximum atomic E-state index is 11.3. The highest BCUT2D eigenvalue weighted by Gasteiger charge is 2.13. The van der Waals surface area contributed by atoms with E-state index < -0.39 is 11.8 Å². The van der Waals surface area contributed by atoms with Crippen LogP contribution in [0, 0.1) is 0 Å². The Balaban J connectivity index is 3.11. The number of benzene rings is 1. The second-order valence-electron chi connectivity index (χ2n) is 3.65. The maximum absolute atomic E-state index is 11.3. The molecule has 0 saturated heterocycles. The lowest BCUT2D eigenvalue weighted by atomic mass is 10.1. The Morgan fingerprint density at radius 1 is 0.950 bits per heavy atom. The first-order valence-electron chi connectivity index (χ1n) is 5.67. The topological polar surface area (TPSA) is 71.1 Å². The van der Waals surface area contributed by atoms with Crippen LogP contribution in [0.25, 0.3) is 6.08 Å². The molecule has 0 N–H and O–H groups in total. The monoisotopic (exact) mass is 280 g/mol. The van der Waals surface area contributed by atoms with Gasteiger partial charge in [0.15, 0.2) is 11.5 Å². The Kier molecular flexibility index (Phi) is 5.58. The number of carbonyl (C=O) groups excluding carboxylic acids is 2. The number of hydrogen-bond acceptors (Lipinski definition) is 6. The molecular weight excluding hydrogens is 264 g/mol. The van der Waals surface area contributed by atoms with Crippen molar-refractivity contribution in [2.75, 3.05) is 28.4 Å². The summed E-state index contributed by atoms with van der Waals surface area (Å²) < 4.78 is 19.9. The molecule has 0 saturated carbocycles. The van der Waals surface area contributed by atoms with E-state index >= 15 is 0 Å². The fraction of sp³-hybridized carbons (Fsp3) is 0.286. The normalized spacial score (nSPS) is 10.2. The van der Waals surface area contributed by atoms with Crippen molar-refractivity contribution in [2.45, 2.75) is 0 Å². The molecule has 0 unspecified atom stereocenters. The van der Waals surface area contributed by atoms with Crippen LogP contribution in [0.4, 0.5) is 0 Å². The van der Waals surface area contributed by atoms with Crippen LogP contribution >= 0.6 is 0 Å². The average Bonchev–Trinajstić information content (AvgIpc) is 2.50. The first kappa shape index (κ1) is 15.6. The van der Waals surface area contributed by atoms with Gasteiger partial charge in [0.05, 0.1) is 28.4 Å². The van der Waals surface area contributed by atoms with Crippen LogP contribution in [0.3, 0.4) is 0 Å². The molecule has 0 heterocycles. The largest absolute Gasteiger partial charge is 0.493 e. The average molecular weight is 280 g/mol. The molecule has 0 bridgehead atoms. The minimum atomic E-state index is -0.923. The third-order valence-corrected chi connectivity index (χ3v) is 2.50. The quantitative estimate of drug-likeness (QED) is 0.446. The van der Waals surface area contributed by atoms with Crippen LogP contribution < -0.4 is 14.2 Å². The van der Waals surface area contributed by atoms with Gasteiger partial charge in [0.25, 0.3) is 5.78 Å². The van der Waals surface area contributed by atoms with Gasteiger partial charge in [-0.25, -0.2) is 4.79 Å². The van der Waals surface area contributed by atoms with Gasteiger partial charge >= 0.3 is 5.97 Å². The number of rotatable bonds is 6. The highest BCUT2D eigenvalue weighted by molar-refractivity contribution is 6.39. The van der Waals surface area contributed by atoms with Crippen molar-refractivity contribution in [2.24, 2.45) is 0 Å². The smallest absolute Gasteiger partial charge is 0.378 e. The highest BCUT2D eigenvalue weighted by Crippen LogP contribution is 2.38. The SMILES string of the molecule is COC(=O)C(=O)/C=C/c1cc(OC)c(OC)c(OC)c1. The Morgan fingerprint density at radius 3 is 1.90 bits per heavy atom. The second kappa shape index (κ2) is 7.18. The zero-order valence-electron chi connectivity index (χ0n) is 11.8. The van der Waals surface area contributed by atoms with Crippen molar-refractivity contribution in [1.29, 1.82) is 0 Å².